The Balaban J connectivity index is 1.78. The summed E-state index contributed by atoms with van der Waals surface area (Å²) >= 11 is 0. The molecular formula is C18H18N2O3. The van der Waals surface area contributed by atoms with Gasteiger partial charge in [-0.3, -0.25) is 4.79 Å². The lowest BCUT2D eigenvalue weighted by Gasteiger charge is -2.11. The summed E-state index contributed by atoms with van der Waals surface area (Å²) in [5.41, 5.74) is 6.30. The minimum absolute atomic E-state index is 0.0578. The van der Waals surface area contributed by atoms with Crippen LogP contribution in [0.25, 0.3) is 10.8 Å². The van der Waals surface area contributed by atoms with Crippen molar-refractivity contribution in [2.24, 2.45) is 0 Å². The molecule has 1 heterocycles. The van der Waals surface area contributed by atoms with Crippen molar-refractivity contribution in [3.63, 3.8) is 0 Å². The van der Waals surface area contributed by atoms with Crippen molar-refractivity contribution in [2.45, 2.75) is 6.54 Å². The summed E-state index contributed by atoms with van der Waals surface area (Å²) in [6.07, 6.45) is 1.76. The Morgan fingerprint density at radius 1 is 1.09 bits per heavy atom. The first-order chi connectivity index (χ1) is 11.2. The first-order valence-electron chi connectivity index (χ1n) is 7.33. The van der Waals surface area contributed by atoms with Crippen LogP contribution in [0.4, 0.5) is 5.69 Å². The molecule has 23 heavy (non-hydrogen) atoms. The van der Waals surface area contributed by atoms with E-state index in [0.29, 0.717) is 35.7 Å². The van der Waals surface area contributed by atoms with Gasteiger partial charge >= 0.3 is 0 Å². The van der Waals surface area contributed by atoms with E-state index < -0.39 is 0 Å². The Morgan fingerprint density at radius 3 is 2.70 bits per heavy atom. The average molecular weight is 310 g/mol. The molecule has 5 nitrogen and oxygen atoms in total. The maximum absolute atomic E-state index is 12.5. The Morgan fingerprint density at radius 2 is 1.91 bits per heavy atom. The maximum atomic E-state index is 12.5. The van der Waals surface area contributed by atoms with E-state index >= 15 is 0 Å². The average Bonchev–Trinajstić information content (AvgIpc) is 2.56. The summed E-state index contributed by atoms with van der Waals surface area (Å²) < 4.78 is 12.6. The third kappa shape index (κ3) is 3.13. The Labute approximate surface area is 133 Å². The normalized spacial score (nSPS) is 10.7. The van der Waals surface area contributed by atoms with Crippen LogP contribution in [-0.2, 0) is 6.54 Å². The number of ether oxygens (including phenoxy) is 2. The third-order valence-corrected chi connectivity index (χ3v) is 3.66. The molecule has 0 fully saturated rings. The zero-order valence-corrected chi connectivity index (χ0v) is 12.9. The molecule has 0 saturated carbocycles. The fourth-order valence-corrected chi connectivity index (χ4v) is 2.51. The molecule has 0 aliphatic carbocycles. The number of pyridine rings is 1. The van der Waals surface area contributed by atoms with Crippen LogP contribution < -0.4 is 20.8 Å². The SMILES string of the molecule is COc1cccc2c(=O)n(CCOc3cccc(N)c3)ccc12. The van der Waals surface area contributed by atoms with Crippen LogP contribution in [0.3, 0.4) is 0 Å². The molecule has 118 valence electrons. The quantitative estimate of drug-likeness (QED) is 0.736. The van der Waals surface area contributed by atoms with Gasteiger partial charge in [0.25, 0.3) is 5.56 Å². The fraction of sp³-hybridized carbons (Fsp3) is 0.167. The molecule has 0 radical (unpaired) electrons. The summed E-state index contributed by atoms with van der Waals surface area (Å²) in [4.78, 5) is 12.5. The molecule has 0 bridgehead atoms. The topological polar surface area (TPSA) is 66.5 Å². The molecule has 0 aliphatic rings. The monoisotopic (exact) mass is 310 g/mol. The predicted octanol–water partition coefficient (Wildman–Crippen LogP) is 2.67. The van der Waals surface area contributed by atoms with Gasteiger partial charge in [0.05, 0.1) is 19.0 Å². The molecule has 3 rings (SSSR count). The van der Waals surface area contributed by atoms with Crippen molar-refractivity contribution in [3.8, 4) is 11.5 Å². The highest BCUT2D eigenvalue weighted by molar-refractivity contribution is 5.87. The number of anilines is 1. The van der Waals surface area contributed by atoms with Gasteiger partial charge in [0, 0.05) is 23.3 Å². The van der Waals surface area contributed by atoms with E-state index in [1.54, 1.807) is 36.1 Å². The highest BCUT2D eigenvalue weighted by Gasteiger charge is 2.06. The summed E-state index contributed by atoms with van der Waals surface area (Å²) in [5.74, 6) is 1.39. The van der Waals surface area contributed by atoms with E-state index in [0.717, 1.165) is 5.39 Å². The lowest BCUT2D eigenvalue weighted by Crippen LogP contribution is -2.22. The van der Waals surface area contributed by atoms with Crippen LogP contribution >= 0.6 is 0 Å². The minimum atomic E-state index is -0.0578. The van der Waals surface area contributed by atoms with Gasteiger partial charge < -0.3 is 19.8 Å². The number of benzene rings is 2. The summed E-state index contributed by atoms with van der Waals surface area (Å²) in [5, 5.41) is 1.45. The number of fused-ring (bicyclic) bond motifs is 1. The second-order valence-electron chi connectivity index (χ2n) is 5.16. The summed E-state index contributed by atoms with van der Waals surface area (Å²) in [6, 6.07) is 14.6. The van der Waals surface area contributed by atoms with Gasteiger partial charge in [-0.05, 0) is 30.3 Å². The van der Waals surface area contributed by atoms with E-state index in [2.05, 4.69) is 0 Å². The molecule has 0 amide bonds. The molecule has 2 aromatic carbocycles. The van der Waals surface area contributed by atoms with Crippen LogP contribution in [0, 0.1) is 0 Å². The number of nitrogens with zero attached hydrogens (tertiary/aromatic N) is 1. The zero-order valence-electron chi connectivity index (χ0n) is 12.9. The minimum Gasteiger partial charge on any atom is -0.496 e. The Hall–Kier alpha value is -2.95. The number of aromatic nitrogens is 1. The number of hydrogen-bond donors (Lipinski definition) is 1. The van der Waals surface area contributed by atoms with Crippen molar-refractivity contribution in [1.29, 1.82) is 0 Å². The maximum Gasteiger partial charge on any atom is 0.258 e. The molecule has 0 saturated heterocycles. The lowest BCUT2D eigenvalue weighted by molar-refractivity contribution is 0.297. The van der Waals surface area contributed by atoms with Crippen LogP contribution in [0.5, 0.6) is 11.5 Å². The smallest absolute Gasteiger partial charge is 0.258 e. The number of nitrogens with two attached hydrogens (primary N) is 1. The van der Waals surface area contributed by atoms with Crippen molar-refractivity contribution in [3.05, 3.63) is 65.1 Å². The van der Waals surface area contributed by atoms with Gasteiger partial charge in [-0.1, -0.05) is 12.1 Å². The molecule has 0 atom stereocenters. The van der Waals surface area contributed by atoms with Gasteiger partial charge in [-0.15, -0.1) is 0 Å². The van der Waals surface area contributed by atoms with Gasteiger partial charge in [-0.25, -0.2) is 0 Å². The van der Waals surface area contributed by atoms with Crippen LogP contribution in [0.2, 0.25) is 0 Å². The van der Waals surface area contributed by atoms with Crippen LogP contribution in [-0.4, -0.2) is 18.3 Å². The van der Waals surface area contributed by atoms with Crippen molar-refractivity contribution in [2.75, 3.05) is 19.5 Å². The standard InChI is InChI=1S/C18H18N2O3/c1-22-17-7-3-6-16-15(17)8-9-20(18(16)21)10-11-23-14-5-2-4-13(19)12-14/h2-9,12H,10-11,19H2,1H3. The second kappa shape index (κ2) is 6.44. The van der Waals surface area contributed by atoms with E-state index in [4.69, 9.17) is 15.2 Å². The van der Waals surface area contributed by atoms with E-state index in [1.165, 1.54) is 0 Å². The Kier molecular flexibility index (Phi) is 4.19. The third-order valence-electron chi connectivity index (χ3n) is 3.66. The number of methoxy groups -OCH3 is 1. The molecule has 1 aromatic heterocycles. The highest BCUT2D eigenvalue weighted by Crippen LogP contribution is 2.22. The second-order valence-corrected chi connectivity index (χ2v) is 5.16. The molecule has 0 unspecified atom stereocenters. The van der Waals surface area contributed by atoms with Gasteiger partial charge in [0.2, 0.25) is 0 Å². The fourth-order valence-electron chi connectivity index (χ4n) is 2.51. The summed E-state index contributed by atoms with van der Waals surface area (Å²) in [7, 11) is 1.60. The number of nitrogen functional groups attached to an aromatic ring is 1. The van der Waals surface area contributed by atoms with Gasteiger partial charge in [0.15, 0.2) is 0 Å². The van der Waals surface area contributed by atoms with E-state index in [-0.39, 0.29) is 5.56 Å². The molecule has 0 spiro atoms. The number of hydrogen-bond acceptors (Lipinski definition) is 4. The van der Waals surface area contributed by atoms with Gasteiger partial charge in [0.1, 0.15) is 18.1 Å². The van der Waals surface area contributed by atoms with Crippen molar-refractivity contribution >= 4 is 16.5 Å². The van der Waals surface area contributed by atoms with Crippen molar-refractivity contribution in [1.82, 2.24) is 4.57 Å². The molecular weight excluding hydrogens is 292 g/mol. The number of rotatable bonds is 5. The highest BCUT2D eigenvalue weighted by atomic mass is 16.5. The summed E-state index contributed by atoms with van der Waals surface area (Å²) in [6.45, 7) is 0.847. The van der Waals surface area contributed by atoms with E-state index in [1.807, 2.05) is 30.3 Å². The molecule has 2 N–H and O–H groups in total. The molecule has 3 aromatic rings. The van der Waals surface area contributed by atoms with Crippen LogP contribution in [0.1, 0.15) is 0 Å². The molecule has 5 heteroatoms. The van der Waals surface area contributed by atoms with Gasteiger partial charge in [-0.2, -0.15) is 0 Å². The molecule has 0 aliphatic heterocycles. The van der Waals surface area contributed by atoms with E-state index in [9.17, 15) is 4.79 Å². The largest absolute Gasteiger partial charge is 0.496 e. The zero-order chi connectivity index (χ0) is 16.2. The first kappa shape index (κ1) is 15.0. The Bertz CT molecular complexity index is 887. The van der Waals surface area contributed by atoms with Crippen LogP contribution in [0.15, 0.2) is 59.5 Å². The predicted molar refractivity (Wildman–Crippen MR) is 91.1 cm³/mol. The first-order valence-corrected chi connectivity index (χ1v) is 7.33. The lowest BCUT2D eigenvalue weighted by atomic mass is 10.1. The van der Waals surface area contributed by atoms with Crippen molar-refractivity contribution < 1.29 is 9.47 Å².